The van der Waals surface area contributed by atoms with Crippen LogP contribution in [0.5, 0.6) is 11.5 Å². The van der Waals surface area contributed by atoms with E-state index in [4.69, 9.17) is 9.47 Å². The van der Waals surface area contributed by atoms with Gasteiger partial charge < -0.3 is 19.3 Å². The van der Waals surface area contributed by atoms with Crippen molar-refractivity contribution < 1.29 is 22.7 Å². The van der Waals surface area contributed by atoms with E-state index in [1.807, 2.05) is 54.6 Å². The molecule has 0 aromatic heterocycles. The highest BCUT2D eigenvalue weighted by Crippen LogP contribution is 2.29. The van der Waals surface area contributed by atoms with Gasteiger partial charge in [-0.25, -0.2) is 13.1 Å². The number of nitrogens with one attached hydrogen (secondary N) is 1. The summed E-state index contributed by atoms with van der Waals surface area (Å²) in [5.74, 6) is 0.778. The lowest BCUT2D eigenvalue weighted by atomic mass is 10.1. The van der Waals surface area contributed by atoms with Gasteiger partial charge in [-0.3, -0.25) is 4.79 Å². The molecule has 0 bridgehead atoms. The molecule has 4 rings (SSSR count). The first-order valence-electron chi connectivity index (χ1n) is 11.8. The minimum atomic E-state index is -3.88. The molecule has 0 spiro atoms. The summed E-state index contributed by atoms with van der Waals surface area (Å²) < 4.78 is 39.5. The van der Waals surface area contributed by atoms with Crippen LogP contribution in [-0.4, -0.2) is 66.2 Å². The Bertz CT molecular complexity index is 1290. The smallest absolute Gasteiger partial charge is 0.254 e. The van der Waals surface area contributed by atoms with E-state index >= 15 is 0 Å². The highest BCUT2D eigenvalue weighted by atomic mass is 32.2. The largest absolute Gasteiger partial charge is 0.495 e. The number of para-hydroxylation sites is 2. The van der Waals surface area contributed by atoms with Crippen molar-refractivity contribution in [3.63, 3.8) is 0 Å². The van der Waals surface area contributed by atoms with E-state index in [0.717, 1.165) is 17.0 Å². The van der Waals surface area contributed by atoms with Crippen molar-refractivity contribution in [1.29, 1.82) is 0 Å². The van der Waals surface area contributed by atoms with Gasteiger partial charge in [0.15, 0.2) is 0 Å². The van der Waals surface area contributed by atoms with Gasteiger partial charge in [0.05, 0.1) is 19.9 Å². The van der Waals surface area contributed by atoms with Crippen LogP contribution in [0.4, 0.5) is 5.69 Å². The number of hydrogen-bond acceptors (Lipinski definition) is 6. The topological polar surface area (TPSA) is 88.2 Å². The summed E-state index contributed by atoms with van der Waals surface area (Å²) in [7, 11) is -0.823. The summed E-state index contributed by atoms with van der Waals surface area (Å²) in [6.07, 6.45) is 0.553. The number of sulfonamides is 1. The van der Waals surface area contributed by atoms with Crippen LogP contribution in [-0.2, 0) is 16.4 Å². The average molecular weight is 510 g/mol. The number of benzene rings is 3. The lowest BCUT2D eigenvalue weighted by Crippen LogP contribution is -2.48. The third-order valence-corrected chi connectivity index (χ3v) is 7.72. The van der Waals surface area contributed by atoms with Crippen LogP contribution in [0, 0.1) is 0 Å². The van der Waals surface area contributed by atoms with Gasteiger partial charge >= 0.3 is 0 Å². The third-order valence-electron chi connectivity index (χ3n) is 6.24. The maximum atomic E-state index is 13.3. The predicted octanol–water partition coefficient (Wildman–Crippen LogP) is 3.19. The zero-order chi connectivity index (χ0) is 25.5. The van der Waals surface area contributed by atoms with E-state index in [9.17, 15) is 13.2 Å². The number of piperazine rings is 1. The van der Waals surface area contributed by atoms with Crippen molar-refractivity contribution in [3.05, 3.63) is 83.9 Å². The summed E-state index contributed by atoms with van der Waals surface area (Å²) in [6.45, 7) is 2.56. The summed E-state index contributed by atoms with van der Waals surface area (Å²) in [5, 5.41) is 0. The molecule has 0 atom stereocenters. The van der Waals surface area contributed by atoms with E-state index in [1.54, 1.807) is 18.1 Å². The van der Waals surface area contributed by atoms with Crippen LogP contribution in [0.25, 0.3) is 0 Å². The lowest BCUT2D eigenvalue weighted by molar-refractivity contribution is 0.0746. The molecule has 1 heterocycles. The van der Waals surface area contributed by atoms with E-state index in [2.05, 4.69) is 9.62 Å². The summed E-state index contributed by atoms with van der Waals surface area (Å²) in [5.41, 5.74) is 2.33. The SMILES string of the molecule is COc1ccccc1N1CCN(C(=O)c2ccc(OC)c(S(=O)(=O)NCCc3ccccc3)c2)CC1. The van der Waals surface area contributed by atoms with Gasteiger partial charge in [0.2, 0.25) is 10.0 Å². The van der Waals surface area contributed by atoms with E-state index in [-0.39, 0.29) is 23.1 Å². The molecule has 190 valence electrons. The van der Waals surface area contributed by atoms with Crippen molar-refractivity contribution in [1.82, 2.24) is 9.62 Å². The summed E-state index contributed by atoms with van der Waals surface area (Å²) >= 11 is 0. The van der Waals surface area contributed by atoms with Crippen molar-refractivity contribution >= 4 is 21.6 Å². The zero-order valence-electron chi connectivity index (χ0n) is 20.5. The second-order valence-electron chi connectivity index (χ2n) is 8.45. The molecule has 0 radical (unpaired) electrons. The fourth-order valence-corrected chi connectivity index (χ4v) is 5.52. The number of amides is 1. The van der Waals surface area contributed by atoms with Gasteiger partial charge in [0.25, 0.3) is 5.91 Å². The van der Waals surface area contributed by atoms with Gasteiger partial charge in [-0.05, 0) is 42.3 Å². The fraction of sp³-hybridized carbons (Fsp3) is 0.296. The molecule has 0 aliphatic carbocycles. The third kappa shape index (κ3) is 5.80. The molecule has 1 aliphatic rings. The molecule has 1 aliphatic heterocycles. The number of carbonyl (C=O) groups is 1. The molecule has 0 saturated carbocycles. The molecule has 1 amide bonds. The standard InChI is InChI=1S/C27H31N3O5S/c1-34-24-11-7-6-10-23(24)29-16-18-30(19-17-29)27(31)22-12-13-25(35-2)26(20-22)36(32,33)28-15-14-21-8-4-3-5-9-21/h3-13,20,28H,14-19H2,1-2H3. The van der Waals surface area contributed by atoms with Crippen LogP contribution in [0.15, 0.2) is 77.7 Å². The monoisotopic (exact) mass is 509 g/mol. The maximum Gasteiger partial charge on any atom is 0.254 e. The molecular formula is C27H31N3O5S. The van der Waals surface area contributed by atoms with Crippen LogP contribution in [0.1, 0.15) is 15.9 Å². The Labute approximate surface area is 212 Å². The Hall–Kier alpha value is -3.56. The minimum Gasteiger partial charge on any atom is -0.495 e. The predicted molar refractivity (Wildman–Crippen MR) is 139 cm³/mol. The molecule has 1 N–H and O–H groups in total. The minimum absolute atomic E-state index is 0.0448. The van der Waals surface area contributed by atoms with Crippen molar-refractivity contribution in [2.45, 2.75) is 11.3 Å². The Morgan fingerprint density at radius 1 is 0.861 bits per heavy atom. The second kappa shape index (κ2) is 11.5. The number of carbonyl (C=O) groups excluding carboxylic acids is 1. The molecule has 8 nitrogen and oxygen atoms in total. The van der Waals surface area contributed by atoms with Crippen LogP contribution in [0.2, 0.25) is 0 Å². The van der Waals surface area contributed by atoms with Crippen LogP contribution in [0.3, 0.4) is 0 Å². The number of methoxy groups -OCH3 is 2. The number of anilines is 1. The van der Waals surface area contributed by atoms with Crippen molar-refractivity contribution in [2.75, 3.05) is 51.8 Å². The van der Waals surface area contributed by atoms with Crippen molar-refractivity contribution in [3.8, 4) is 11.5 Å². The van der Waals surface area contributed by atoms with E-state index in [0.29, 0.717) is 38.2 Å². The van der Waals surface area contributed by atoms with Crippen LogP contribution >= 0.6 is 0 Å². The first-order chi connectivity index (χ1) is 17.4. The van der Waals surface area contributed by atoms with Gasteiger partial charge in [-0.2, -0.15) is 0 Å². The highest BCUT2D eigenvalue weighted by molar-refractivity contribution is 7.89. The molecule has 9 heteroatoms. The molecule has 0 unspecified atom stereocenters. The van der Waals surface area contributed by atoms with Gasteiger partial charge in [0.1, 0.15) is 16.4 Å². The van der Waals surface area contributed by atoms with E-state index < -0.39 is 10.0 Å². The first-order valence-corrected chi connectivity index (χ1v) is 13.3. The number of rotatable bonds is 9. The highest BCUT2D eigenvalue weighted by Gasteiger charge is 2.26. The van der Waals surface area contributed by atoms with Gasteiger partial charge in [0, 0.05) is 38.3 Å². The second-order valence-corrected chi connectivity index (χ2v) is 10.2. The molecule has 1 fully saturated rings. The maximum absolute atomic E-state index is 13.3. The molecular weight excluding hydrogens is 478 g/mol. The van der Waals surface area contributed by atoms with Crippen LogP contribution < -0.4 is 19.1 Å². The van der Waals surface area contributed by atoms with Gasteiger partial charge in [-0.1, -0.05) is 42.5 Å². The van der Waals surface area contributed by atoms with Gasteiger partial charge in [-0.15, -0.1) is 0 Å². The Morgan fingerprint density at radius 3 is 2.22 bits per heavy atom. The summed E-state index contributed by atoms with van der Waals surface area (Å²) in [6, 6.07) is 22.0. The Balaban J connectivity index is 1.45. The summed E-state index contributed by atoms with van der Waals surface area (Å²) in [4.78, 5) is 17.2. The Kier molecular flexibility index (Phi) is 8.12. The van der Waals surface area contributed by atoms with E-state index in [1.165, 1.54) is 19.2 Å². The average Bonchev–Trinajstić information content (AvgIpc) is 2.93. The number of ether oxygens (including phenoxy) is 2. The van der Waals surface area contributed by atoms with Crippen molar-refractivity contribution in [2.24, 2.45) is 0 Å². The molecule has 1 saturated heterocycles. The Morgan fingerprint density at radius 2 is 1.53 bits per heavy atom. The number of hydrogen-bond donors (Lipinski definition) is 1. The molecule has 36 heavy (non-hydrogen) atoms. The lowest BCUT2D eigenvalue weighted by Gasteiger charge is -2.36. The fourth-order valence-electron chi connectivity index (χ4n) is 4.30. The zero-order valence-corrected chi connectivity index (χ0v) is 21.3. The molecule has 3 aromatic carbocycles. The number of nitrogens with zero attached hydrogens (tertiary/aromatic N) is 2. The molecule has 3 aromatic rings. The normalized spacial score (nSPS) is 13.9. The first kappa shape index (κ1) is 25.5. The quantitative estimate of drug-likeness (QED) is 0.477.